The molecule has 0 aromatic heterocycles. The zero-order chi connectivity index (χ0) is 14.1. The predicted octanol–water partition coefficient (Wildman–Crippen LogP) is 1.22. The summed E-state index contributed by atoms with van der Waals surface area (Å²) in [5, 5.41) is 19.2. The van der Waals surface area contributed by atoms with E-state index in [4.69, 9.17) is 4.74 Å². The Balaban J connectivity index is 3.01. The Kier molecular flexibility index (Phi) is 3.90. The fourth-order valence-electron chi connectivity index (χ4n) is 2.28. The first-order valence-electron chi connectivity index (χ1n) is 6.07. The molecule has 1 heterocycles. The van der Waals surface area contributed by atoms with Crippen LogP contribution in [0.25, 0.3) is 0 Å². The molecule has 0 aromatic carbocycles. The molecule has 6 heteroatoms. The summed E-state index contributed by atoms with van der Waals surface area (Å²) in [6, 6.07) is 0. The van der Waals surface area contributed by atoms with Gasteiger partial charge in [0, 0.05) is 6.54 Å². The number of aliphatic hydroxyl groups is 1. The second kappa shape index (κ2) is 4.76. The molecule has 2 N–H and O–H groups in total. The maximum atomic E-state index is 12.0. The van der Waals surface area contributed by atoms with Gasteiger partial charge >= 0.3 is 12.1 Å². The van der Waals surface area contributed by atoms with Crippen molar-refractivity contribution in [3.8, 4) is 0 Å². The third-order valence-corrected chi connectivity index (χ3v) is 3.18. The van der Waals surface area contributed by atoms with Gasteiger partial charge in [-0.05, 0) is 33.6 Å². The highest BCUT2D eigenvalue weighted by atomic mass is 16.6. The molecule has 1 aliphatic rings. The Bertz CT molecular complexity index is 349. The number of carboxylic acids is 1. The highest BCUT2D eigenvalue weighted by Crippen LogP contribution is 2.34. The van der Waals surface area contributed by atoms with Gasteiger partial charge < -0.3 is 14.9 Å². The quantitative estimate of drug-likeness (QED) is 0.778. The van der Waals surface area contributed by atoms with E-state index in [9.17, 15) is 19.8 Å². The predicted molar refractivity (Wildman–Crippen MR) is 64.2 cm³/mol. The van der Waals surface area contributed by atoms with Crippen LogP contribution in [0.2, 0.25) is 0 Å². The van der Waals surface area contributed by atoms with Crippen LogP contribution in [0.15, 0.2) is 0 Å². The van der Waals surface area contributed by atoms with Gasteiger partial charge in [0.25, 0.3) is 0 Å². The number of aliphatic carboxylic acids is 1. The average molecular weight is 259 g/mol. The SMILES string of the molecule is CC[C@]1(C(=O)O)[C@@H](O)CCN1C(=O)OC(C)(C)C. The third kappa shape index (κ3) is 2.43. The number of likely N-dealkylation sites (tertiary alicyclic amines) is 1. The molecule has 1 fully saturated rings. The molecule has 0 aromatic rings. The Morgan fingerprint density at radius 3 is 2.39 bits per heavy atom. The van der Waals surface area contributed by atoms with E-state index in [-0.39, 0.29) is 19.4 Å². The maximum Gasteiger partial charge on any atom is 0.411 e. The number of carbonyl (C=O) groups is 2. The van der Waals surface area contributed by atoms with Crippen LogP contribution in [-0.2, 0) is 9.53 Å². The van der Waals surface area contributed by atoms with Crippen molar-refractivity contribution in [2.75, 3.05) is 6.54 Å². The molecule has 1 rings (SSSR count). The van der Waals surface area contributed by atoms with Crippen molar-refractivity contribution in [1.29, 1.82) is 0 Å². The molecule has 0 aliphatic carbocycles. The summed E-state index contributed by atoms with van der Waals surface area (Å²) >= 11 is 0. The van der Waals surface area contributed by atoms with E-state index in [1.54, 1.807) is 27.7 Å². The molecule has 2 atom stereocenters. The molecule has 0 spiro atoms. The normalized spacial score (nSPS) is 28.3. The van der Waals surface area contributed by atoms with Gasteiger partial charge in [-0.1, -0.05) is 6.92 Å². The second-order valence-corrected chi connectivity index (χ2v) is 5.52. The minimum absolute atomic E-state index is 0.142. The van der Waals surface area contributed by atoms with Gasteiger partial charge in [-0.2, -0.15) is 0 Å². The minimum atomic E-state index is -1.57. The summed E-state index contributed by atoms with van der Waals surface area (Å²) in [5.41, 5.74) is -2.26. The average Bonchev–Trinajstić information content (AvgIpc) is 2.53. The number of rotatable bonds is 2. The van der Waals surface area contributed by atoms with Crippen LogP contribution < -0.4 is 0 Å². The van der Waals surface area contributed by atoms with Gasteiger partial charge in [0.1, 0.15) is 5.60 Å². The number of ether oxygens (including phenoxy) is 1. The number of nitrogens with zero attached hydrogens (tertiary/aromatic N) is 1. The first kappa shape index (κ1) is 14.8. The lowest BCUT2D eigenvalue weighted by atomic mass is 9.90. The Morgan fingerprint density at radius 1 is 1.44 bits per heavy atom. The molecule has 0 radical (unpaired) electrons. The fourth-order valence-corrected chi connectivity index (χ4v) is 2.28. The van der Waals surface area contributed by atoms with Crippen molar-refractivity contribution in [3.63, 3.8) is 0 Å². The van der Waals surface area contributed by atoms with Crippen LogP contribution in [0.4, 0.5) is 4.79 Å². The molecule has 1 amide bonds. The Morgan fingerprint density at radius 2 is 2.00 bits per heavy atom. The van der Waals surface area contributed by atoms with Crippen molar-refractivity contribution in [1.82, 2.24) is 4.90 Å². The van der Waals surface area contributed by atoms with Gasteiger partial charge in [-0.15, -0.1) is 0 Å². The third-order valence-electron chi connectivity index (χ3n) is 3.18. The summed E-state index contributed by atoms with van der Waals surface area (Å²) in [6.45, 7) is 6.97. The Labute approximate surface area is 107 Å². The van der Waals surface area contributed by atoms with Crippen LogP contribution in [0.1, 0.15) is 40.5 Å². The van der Waals surface area contributed by atoms with Crippen molar-refractivity contribution in [2.45, 2.75) is 57.8 Å². The second-order valence-electron chi connectivity index (χ2n) is 5.52. The van der Waals surface area contributed by atoms with E-state index in [1.807, 2.05) is 0 Å². The van der Waals surface area contributed by atoms with E-state index in [0.717, 1.165) is 4.90 Å². The molecule has 0 saturated carbocycles. The van der Waals surface area contributed by atoms with Crippen LogP contribution in [0.5, 0.6) is 0 Å². The summed E-state index contributed by atoms with van der Waals surface area (Å²) in [7, 11) is 0. The highest BCUT2D eigenvalue weighted by molar-refractivity contribution is 5.86. The molecular formula is C12H21NO5. The van der Waals surface area contributed by atoms with Crippen LogP contribution >= 0.6 is 0 Å². The zero-order valence-electron chi connectivity index (χ0n) is 11.3. The summed E-state index contributed by atoms with van der Waals surface area (Å²) in [6.07, 6.45) is -1.36. The number of hydrogen-bond acceptors (Lipinski definition) is 4. The number of aliphatic hydroxyl groups excluding tert-OH is 1. The number of hydrogen-bond donors (Lipinski definition) is 2. The molecule has 18 heavy (non-hydrogen) atoms. The lowest BCUT2D eigenvalue weighted by Crippen LogP contribution is -2.58. The van der Waals surface area contributed by atoms with Crippen molar-refractivity contribution in [3.05, 3.63) is 0 Å². The lowest BCUT2D eigenvalue weighted by molar-refractivity contribution is -0.155. The first-order chi connectivity index (χ1) is 8.15. The first-order valence-corrected chi connectivity index (χ1v) is 6.07. The molecule has 6 nitrogen and oxygen atoms in total. The minimum Gasteiger partial charge on any atom is -0.479 e. The molecule has 1 saturated heterocycles. The van der Waals surface area contributed by atoms with Crippen LogP contribution in [0, 0.1) is 0 Å². The largest absolute Gasteiger partial charge is 0.479 e. The van der Waals surface area contributed by atoms with Crippen LogP contribution in [0.3, 0.4) is 0 Å². The van der Waals surface area contributed by atoms with Gasteiger partial charge in [-0.25, -0.2) is 9.59 Å². The topological polar surface area (TPSA) is 87.1 Å². The molecule has 0 unspecified atom stereocenters. The number of amides is 1. The highest BCUT2D eigenvalue weighted by Gasteiger charge is 2.56. The van der Waals surface area contributed by atoms with E-state index < -0.39 is 29.3 Å². The van der Waals surface area contributed by atoms with E-state index in [1.165, 1.54) is 0 Å². The monoisotopic (exact) mass is 259 g/mol. The van der Waals surface area contributed by atoms with Gasteiger partial charge in [0.15, 0.2) is 5.54 Å². The van der Waals surface area contributed by atoms with Gasteiger partial charge in [0.2, 0.25) is 0 Å². The van der Waals surface area contributed by atoms with Crippen molar-refractivity contribution < 1.29 is 24.5 Å². The van der Waals surface area contributed by atoms with E-state index >= 15 is 0 Å². The molecule has 104 valence electrons. The fraction of sp³-hybridized carbons (Fsp3) is 0.833. The number of carboxylic acid groups (broad SMARTS) is 1. The van der Waals surface area contributed by atoms with Gasteiger partial charge in [-0.3, -0.25) is 4.90 Å². The summed E-state index contributed by atoms with van der Waals surface area (Å²) < 4.78 is 5.19. The smallest absolute Gasteiger partial charge is 0.411 e. The maximum absolute atomic E-state index is 12.0. The summed E-state index contributed by atoms with van der Waals surface area (Å²) in [5.74, 6) is -1.19. The van der Waals surface area contributed by atoms with Gasteiger partial charge in [0.05, 0.1) is 6.10 Å². The lowest BCUT2D eigenvalue weighted by Gasteiger charge is -2.36. The van der Waals surface area contributed by atoms with E-state index in [2.05, 4.69) is 0 Å². The van der Waals surface area contributed by atoms with Crippen molar-refractivity contribution >= 4 is 12.1 Å². The Hall–Kier alpha value is -1.30. The molecular weight excluding hydrogens is 238 g/mol. The molecule has 1 aliphatic heterocycles. The van der Waals surface area contributed by atoms with E-state index in [0.29, 0.717) is 0 Å². The number of carbonyl (C=O) groups excluding carboxylic acids is 1. The summed E-state index contributed by atoms with van der Waals surface area (Å²) in [4.78, 5) is 24.6. The van der Waals surface area contributed by atoms with Crippen molar-refractivity contribution in [2.24, 2.45) is 0 Å². The zero-order valence-corrected chi connectivity index (χ0v) is 11.3. The molecule has 0 bridgehead atoms. The van der Waals surface area contributed by atoms with Crippen LogP contribution in [-0.4, -0.2) is 51.0 Å². The standard InChI is InChI=1S/C12H21NO5/c1-5-12(9(15)16)8(14)6-7-13(12)10(17)18-11(2,3)4/h8,14H,5-7H2,1-4H3,(H,15,16)/t8-,12+/m0/s1.